The van der Waals surface area contributed by atoms with Crippen molar-refractivity contribution in [3.8, 4) is 6.07 Å². The van der Waals surface area contributed by atoms with Gasteiger partial charge in [-0.25, -0.2) is 0 Å². The Morgan fingerprint density at radius 3 is 2.48 bits per heavy atom. The molecule has 1 heterocycles. The van der Waals surface area contributed by atoms with Crippen LogP contribution in [0.3, 0.4) is 0 Å². The van der Waals surface area contributed by atoms with Gasteiger partial charge in [0.1, 0.15) is 0 Å². The van der Waals surface area contributed by atoms with E-state index in [2.05, 4.69) is 22.0 Å². The number of rotatable bonds is 4. The quantitative estimate of drug-likeness (QED) is 0.380. The standard InChI is InChI=1S/C24H19N5O2/c1-14(22-18-12-15(13-25)6-11-20(18)28-24(22)31)27-17-9-7-16(8-10-17)23(30)29-21-5-3-2-4-19(21)26/h2-12,27H,26H2,1H3,(H,28,31)(H,29,30). The summed E-state index contributed by atoms with van der Waals surface area (Å²) in [7, 11) is 0. The third-order valence-corrected chi connectivity index (χ3v) is 4.96. The number of nitrogens with one attached hydrogen (secondary N) is 3. The average molecular weight is 409 g/mol. The first kappa shape index (κ1) is 19.7. The molecule has 3 aromatic rings. The molecule has 0 saturated heterocycles. The molecule has 0 fully saturated rings. The van der Waals surface area contributed by atoms with Gasteiger partial charge < -0.3 is 21.7 Å². The second-order valence-electron chi connectivity index (χ2n) is 7.07. The first-order valence-corrected chi connectivity index (χ1v) is 9.56. The van der Waals surface area contributed by atoms with Gasteiger partial charge in [0.15, 0.2) is 0 Å². The smallest absolute Gasteiger partial charge is 0.258 e. The van der Waals surface area contributed by atoms with E-state index in [1.807, 2.05) is 0 Å². The lowest BCUT2D eigenvalue weighted by atomic mass is 10.0. The van der Waals surface area contributed by atoms with Gasteiger partial charge in [-0.2, -0.15) is 5.26 Å². The Kier molecular flexibility index (Phi) is 5.12. The van der Waals surface area contributed by atoms with Crippen LogP contribution in [0.4, 0.5) is 22.7 Å². The number of para-hydroxylation sites is 2. The Morgan fingerprint density at radius 1 is 1.03 bits per heavy atom. The molecule has 31 heavy (non-hydrogen) atoms. The highest BCUT2D eigenvalue weighted by molar-refractivity contribution is 6.32. The summed E-state index contributed by atoms with van der Waals surface area (Å²) in [5, 5.41) is 17.9. The summed E-state index contributed by atoms with van der Waals surface area (Å²) in [5.74, 6) is -0.501. The van der Waals surface area contributed by atoms with Crippen molar-refractivity contribution in [2.45, 2.75) is 6.92 Å². The number of allylic oxidation sites excluding steroid dienone is 1. The van der Waals surface area contributed by atoms with Crippen molar-refractivity contribution in [2.75, 3.05) is 21.7 Å². The fourth-order valence-corrected chi connectivity index (χ4v) is 3.40. The molecule has 0 spiro atoms. The minimum absolute atomic E-state index is 0.230. The van der Waals surface area contributed by atoms with E-state index in [0.29, 0.717) is 45.0 Å². The van der Waals surface area contributed by atoms with Crippen LogP contribution in [-0.2, 0) is 4.79 Å². The third kappa shape index (κ3) is 3.95. The molecule has 1 aliphatic rings. The number of carbonyl (C=O) groups excluding carboxylic acids is 2. The van der Waals surface area contributed by atoms with Crippen molar-refractivity contribution in [2.24, 2.45) is 0 Å². The highest BCUT2D eigenvalue weighted by atomic mass is 16.2. The predicted octanol–water partition coefficient (Wildman–Crippen LogP) is 4.19. The van der Waals surface area contributed by atoms with Crippen molar-refractivity contribution in [1.29, 1.82) is 5.26 Å². The molecule has 5 N–H and O–H groups in total. The Hall–Kier alpha value is -4.57. The molecule has 1 aliphatic heterocycles. The molecular weight excluding hydrogens is 390 g/mol. The first-order chi connectivity index (χ1) is 15.0. The van der Waals surface area contributed by atoms with Crippen LogP contribution >= 0.6 is 0 Å². The maximum atomic E-state index is 12.5. The molecule has 152 valence electrons. The number of anilines is 4. The lowest BCUT2D eigenvalue weighted by molar-refractivity contribution is -0.110. The number of amides is 2. The molecule has 0 bridgehead atoms. The number of fused-ring (bicyclic) bond motifs is 1. The number of hydrogen-bond acceptors (Lipinski definition) is 5. The average Bonchev–Trinajstić information content (AvgIpc) is 3.10. The molecular formula is C24H19N5O2. The molecule has 0 saturated carbocycles. The van der Waals surface area contributed by atoms with Gasteiger partial charge in [0.05, 0.1) is 28.6 Å². The van der Waals surface area contributed by atoms with E-state index in [0.717, 1.165) is 5.69 Å². The lowest BCUT2D eigenvalue weighted by Gasteiger charge is -2.11. The van der Waals surface area contributed by atoms with E-state index < -0.39 is 0 Å². The van der Waals surface area contributed by atoms with Gasteiger partial charge in [0, 0.05) is 28.2 Å². The number of carbonyl (C=O) groups is 2. The van der Waals surface area contributed by atoms with Crippen molar-refractivity contribution >= 4 is 40.1 Å². The van der Waals surface area contributed by atoms with Crippen LogP contribution in [0.15, 0.2) is 72.4 Å². The number of nitriles is 1. The maximum absolute atomic E-state index is 12.5. The number of nitrogen functional groups attached to an aromatic ring is 1. The maximum Gasteiger partial charge on any atom is 0.258 e. The Labute approximate surface area is 179 Å². The molecule has 7 nitrogen and oxygen atoms in total. The molecule has 0 radical (unpaired) electrons. The molecule has 0 aromatic heterocycles. The summed E-state index contributed by atoms with van der Waals surface area (Å²) in [6, 6.07) is 21.1. The van der Waals surface area contributed by atoms with Crippen molar-refractivity contribution in [1.82, 2.24) is 0 Å². The fraction of sp³-hybridized carbons (Fsp3) is 0.0417. The summed E-state index contributed by atoms with van der Waals surface area (Å²) in [6.07, 6.45) is 0. The normalized spacial score (nSPS) is 13.6. The summed E-state index contributed by atoms with van der Waals surface area (Å²) in [6.45, 7) is 1.79. The number of nitrogens with two attached hydrogens (primary N) is 1. The summed E-state index contributed by atoms with van der Waals surface area (Å²) in [5.41, 5.74) is 11.1. The molecule has 0 aliphatic carbocycles. The molecule has 0 unspecified atom stereocenters. The Balaban J connectivity index is 1.53. The van der Waals surface area contributed by atoms with E-state index in [9.17, 15) is 9.59 Å². The monoisotopic (exact) mass is 409 g/mol. The topological polar surface area (TPSA) is 120 Å². The first-order valence-electron chi connectivity index (χ1n) is 9.56. The van der Waals surface area contributed by atoms with Crippen molar-refractivity contribution < 1.29 is 9.59 Å². The summed E-state index contributed by atoms with van der Waals surface area (Å²) >= 11 is 0. The van der Waals surface area contributed by atoms with Crippen LogP contribution in [0, 0.1) is 11.3 Å². The highest BCUT2D eigenvalue weighted by Gasteiger charge is 2.26. The van der Waals surface area contributed by atoms with Gasteiger partial charge >= 0.3 is 0 Å². The van der Waals surface area contributed by atoms with Crippen LogP contribution < -0.4 is 21.7 Å². The second-order valence-corrected chi connectivity index (χ2v) is 7.07. The van der Waals surface area contributed by atoms with Crippen molar-refractivity contribution in [3.05, 3.63) is 89.1 Å². The van der Waals surface area contributed by atoms with Gasteiger partial charge in [-0.05, 0) is 61.5 Å². The number of benzene rings is 3. The van der Waals surface area contributed by atoms with E-state index in [-0.39, 0.29) is 11.8 Å². The molecule has 2 amide bonds. The molecule has 3 aromatic carbocycles. The van der Waals surface area contributed by atoms with Crippen LogP contribution in [0.2, 0.25) is 0 Å². The molecule has 7 heteroatoms. The van der Waals surface area contributed by atoms with Gasteiger partial charge in [-0.15, -0.1) is 0 Å². The minimum atomic E-state index is -0.271. The van der Waals surface area contributed by atoms with Crippen LogP contribution in [-0.4, -0.2) is 11.8 Å². The van der Waals surface area contributed by atoms with Crippen LogP contribution in [0.1, 0.15) is 28.4 Å². The van der Waals surface area contributed by atoms with Crippen LogP contribution in [0.5, 0.6) is 0 Å². The number of nitrogens with zero attached hydrogens (tertiary/aromatic N) is 1. The Bertz CT molecular complexity index is 1270. The number of hydrogen-bond donors (Lipinski definition) is 4. The summed E-state index contributed by atoms with van der Waals surface area (Å²) in [4.78, 5) is 24.9. The fourth-order valence-electron chi connectivity index (χ4n) is 3.40. The van der Waals surface area contributed by atoms with Crippen LogP contribution in [0.25, 0.3) is 5.57 Å². The minimum Gasteiger partial charge on any atom is -0.397 e. The summed E-state index contributed by atoms with van der Waals surface area (Å²) < 4.78 is 0. The molecule has 0 atom stereocenters. The largest absolute Gasteiger partial charge is 0.397 e. The predicted molar refractivity (Wildman–Crippen MR) is 121 cm³/mol. The third-order valence-electron chi connectivity index (χ3n) is 4.96. The van der Waals surface area contributed by atoms with E-state index in [4.69, 9.17) is 11.0 Å². The van der Waals surface area contributed by atoms with Gasteiger partial charge in [0.25, 0.3) is 11.8 Å². The molecule has 4 rings (SSSR count). The second kappa shape index (κ2) is 8.05. The zero-order chi connectivity index (χ0) is 22.0. The van der Waals surface area contributed by atoms with E-state index in [1.54, 1.807) is 73.7 Å². The Morgan fingerprint density at radius 2 is 1.77 bits per heavy atom. The lowest BCUT2D eigenvalue weighted by Crippen LogP contribution is -2.13. The van der Waals surface area contributed by atoms with Gasteiger partial charge in [0.2, 0.25) is 0 Å². The highest BCUT2D eigenvalue weighted by Crippen LogP contribution is 2.34. The van der Waals surface area contributed by atoms with Gasteiger partial charge in [-0.1, -0.05) is 12.1 Å². The van der Waals surface area contributed by atoms with E-state index >= 15 is 0 Å². The SMILES string of the molecule is CC(Nc1ccc(C(=O)Nc2ccccc2N)cc1)=C1C(=O)Nc2ccc(C#N)cc21. The van der Waals surface area contributed by atoms with Crippen molar-refractivity contribution in [3.63, 3.8) is 0 Å². The zero-order valence-corrected chi connectivity index (χ0v) is 16.7. The zero-order valence-electron chi connectivity index (χ0n) is 16.7. The van der Waals surface area contributed by atoms with Gasteiger partial charge in [-0.3, -0.25) is 9.59 Å². The van der Waals surface area contributed by atoms with E-state index in [1.165, 1.54) is 0 Å².